The molecule has 6 nitrogen and oxygen atoms in total. The number of hydrogen-bond donors (Lipinski definition) is 1. The summed E-state index contributed by atoms with van der Waals surface area (Å²) in [5, 5.41) is 1.25. The van der Waals surface area contributed by atoms with Crippen LogP contribution in [0.4, 0.5) is 0 Å². The lowest BCUT2D eigenvalue weighted by Gasteiger charge is -2.27. The molecule has 3 heterocycles. The third-order valence-corrected chi connectivity index (χ3v) is 5.29. The van der Waals surface area contributed by atoms with E-state index in [2.05, 4.69) is 14.9 Å². The molecule has 1 N–H and O–H groups in total. The van der Waals surface area contributed by atoms with Crippen LogP contribution in [-0.2, 0) is 19.5 Å². The van der Waals surface area contributed by atoms with Gasteiger partial charge in [-0.15, -0.1) is 0 Å². The summed E-state index contributed by atoms with van der Waals surface area (Å²) >= 11 is 1.43. The van der Waals surface area contributed by atoms with Gasteiger partial charge in [-0.2, -0.15) is 0 Å². The van der Waals surface area contributed by atoms with Crippen LogP contribution in [0.25, 0.3) is 11.0 Å². The summed E-state index contributed by atoms with van der Waals surface area (Å²) in [6, 6.07) is 5.60. The van der Waals surface area contributed by atoms with Gasteiger partial charge in [0.2, 0.25) is 0 Å². The summed E-state index contributed by atoms with van der Waals surface area (Å²) in [6.45, 7) is 3.64. The smallest absolute Gasteiger partial charge is 0.256 e. The maximum Gasteiger partial charge on any atom is 0.256 e. The van der Waals surface area contributed by atoms with Crippen molar-refractivity contribution < 1.29 is 4.42 Å². The zero-order chi connectivity index (χ0) is 18.3. The first-order valence-electron chi connectivity index (χ1n) is 8.44. The lowest BCUT2D eigenvalue weighted by atomic mass is 10.1. The van der Waals surface area contributed by atoms with Gasteiger partial charge in [-0.25, -0.2) is 4.98 Å². The van der Waals surface area contributed by atoms with Crippen molar-refractivity contribution in [2.24, 2.45) is 0 Å². The molecule has 1 aliphatic heterocycles. The van der Waals surface area contributed by atoms with Gasteiger partial charge in [-0.3, -0.25) is 14.5 Å². The standard InChI is InChI=1S/C19H19N3O3S/c1-11-3-4-16-13(7-11)17(23)12(10-25-16)8-22-6-5-15-14(9-22)18(24)21-19(20-15)26-2/h3-4,7,10H,5-6,8-9H2,1-2H3,(H,20,21,24). The van der Waals surface area contributed by atoms with Gasteiger partial charge < -0.3 is 9.40 Å². The zero-order valence-electron chi connectivity index (χ0n) is 14.7. The Kier molecular flexibility index (Phi) is 4.42. The molecule has 0 amide bonds. The summed E-state index contributed by atoms with van der Waals surface area (Å²) in [5.41, 5.74) is 3.67. The third kappa shape index (κ3) is 3.08. The Morgan fingerprint density at radius 1 is 1.35 bits per heavy atom. The number of thioether (sulfide) groups is 1. The van der Waals surface area contributed by atoms with Crippen LogP contribution in [-0.4, -0.2) is 27.7 Å². The lowest BCUT2D eigenvalue weighted by Crippen LogP contribution is -2.36. The molecular weight excluding hydrogens is 350 g/mol. The van der Waals surface area contributed by atoms with E-state index in [4.69, 9.17) is 4.42 Å². The normalized spacial score (nSPS) is 14.5. The molecule has 134 valence electrons. The Balaban J connectivity index is 1.63. The van der Waals surface area contributed by atoms with Crippen molar-refractivity contribution >= 4 is 22.7 Å². The molecule has 1 aliphatic rings. The quantitative estimate of drug-likeness (QED) is 0.564. The molecule has 0 aliphatic carbocycles. The fraction of sp³-hybridized carbons (Fsp3) is 0.316. The molecule has 0 bridgehead atoms. The number of aryl methyl sites for hydroxylation is 1. The van der Waals surface area contributed by atoms with Crippen LogP contribution in [0.2, 0.25) is 0 Å². The van der Waals surface area contributed by atoms with Gasteiger partial charge in [0.25, 0.3) is 5.56 Å². The van der Waals surface area contributed by atoms with Crippen molar-refractivity contribution in [1.82, 2.24) is 14.9 Å². The van der Waals surface area contributed by atoms with Crippen LogP contribution < -0.4 is 11.0 Å². The summed E-state index contributed by atoms with van der Waals surface area (Å²) in [7, 11) is 0. The molecule has 7 heteroatoms. The SMILES string of the molecule is CSc1nc2c(c(=O)[nH]1)CN(Cc1coc3ccc(C)cc3c1=O)CC2. The Labute approximate surface area is 154 Å². The van der Waals surface area contributed by atoms with Crippen molar-refractivity contribution in [3.05, 3.63) is 67.4 Å². The van der Waals surface area contributed by atoms with Crippen molar-refractivity contribution in [2.45, 2.75) is 31.6 Å². The van der Waals surface area contributed by atoms with E-state index in [1.165, 1.54) is 18.0 Å². The molecule has 1 aromatic carbocycles. The predicted molar refractivity (Wildman–Crippen MR) is 102 cm³/mol. The second-order valence-electron chi connectivity index (χ2n) is 6.55. The summed E-state index contributed by atoms with van der Waals surface area (Å²) in [6.07, 6.45) is 4.13. The number of rotatable bonds is 3. The van der Waals surface area contributed by atoms with Gasteiger partial charge in [-0.05, 0) is 25.3 Å². The lowest BCUT2D eigenvalue weighted by molar-refractivity contribution is 0.238. The van der Waals surface area contributed by atoms with Crippen molar-refractivity contribution in [3.8, 4) is 0 Å². The number of aromatic amines is 1. The number of H-pyrrole nitrogens is 1. The van der Waals surface area contributed by atoms with Crippen molar-refractivity contribution in [2.75, 3.05) is 12.8 Å². The molecule has 3 aromatic rings. The van der Waals surface area contributed by atoms with E-state index >= 15 is 0 Å². The summed E-state index contributed by atoms with van der Waals surface area (Å²) in [4.78, 5) is 34.5. The van der Waals surface area contributed by atoms with Gasteiger partial charge in [0.15, 0.2) is 10.6 Å². The van der Waals surface area contributed by atoms with E-state index in [9.17, 15) is 9.59 Å². The van der Waals surface area contributed by atoms with E-state index in [0.717, 1.165) is 17.8 Å². The molecule has 0 unspecified atom stereocenters. The van der Waals surface area contributed by atoms with Gasteiger partial charge in [0, 0.05) is 31.6 Å². The number of fused-ring (bicyclic) bond motifs is 2. The van der Waals surface area contributed by atoms with Crippen LogP contribution in [0, 0.1) is 6.92 Å². The maximum atomic E-state index is 12.8. The minimum atomic E-state index is -0.0924. The fourth-order valence-corrected chi connectivity index (χ4v) is 3.72. The van der Waals surface area contributed by atoms with E-state index in [0.29, 0.717) is 46.8 Å². The monoisotopic (exact) mass is 369 g/mol. The van der Waals surface area contributed by atoms with Crippen molar-refractivity contribution in [1.29, 1.82) is 0 Å². The number of nitrogens with one attached hydrogen (secondary N) is 1. The average molecular weight is 369 g/mol. The van der Waals surface area contributed by atoms with E-state index < -0.39 is 0 Å². The Morgan fingerprint density at radius 2 is 2.19 bits per heavy atom. The fourth-order valence-electron chi connectivity index (χ4n) is 3.32. The molecule has 4 rings (SSSR count). The number of nitrogens with zero attached hydrogens (tertiary/aromatic N) is 2. The molecule has 0 fully saturated rings. The predicted octanol–water partition coefficient (Wildman–Crippen LogP) is 2.46. The molecule has 0 saturated carbocycles. The van der Waals surface area contributed by atoms with Gasteiger partial charge >= 0.3 is 0 Å². The second kappa shape index (κ2) is 6.74. The number of hydrogen-bond acceptors (Lipinski definition) is 6. The molecule has 26 heavy (non-hydrogen) atoms. The third-order valence-electron chi connectivity index (χ3n) is 4.71. The zero-order valence-corrected chi connectivity index (χ0v) is 15.5. The average Bonchev–Trinajstić information content (AvgIpc) is 2.64. The minimum Gasteiger partial charge on any atom is -0.464 e. The highest BCUT2D eigenvalue weighted by Gasteiger charge is 2.22. The van der Waals surface area contributed by atoms with E-state index in [-0.39, 0.29) is 11.0 Å². The highest BCUT2D eigenvalue weighted by molar-refractivity contribution is 7.98. The molecular formula is C19H19N3O3S. The molecule has 0 saturated heterocycles. The molecule has 2 aromatic heterocycles. The van der Waals surface area contributed by atoms with Crippen LogP contribution in [0.5, 0.6) is 0 Å². The van der Waals surface area contributed by atoms with Crippen molar-refractivity contribution in [3.63, 3.8) is 0 Å². The van der Waals surface area contributed by atoms with Crippen LogP contribution >= 0.6 is 11.8 Å². The highest BCUT2D eigenvalue weighted by atomic mass is 32.2. The van der Waals surface area contributed by atoms with Gasteiger partial charge in [0.1, 0.15) is 5.58 Å². The summed E-state index contributed by atoms with van der Waals surface area (Å²) in [5.74, 6) is 0. The van der Waals surface area contributed by atoms with E-state index in [1.807, 2.05) is 31.4 Å². The maximum absolute atomic E-state index is 12.8. The summed E-state index contributed by atoms with van der Waals surface area (Å²) < 4.78 is 5.63. The van der Waals surface area contributed by atoms with Crippen LogP contribution in [0.3, 0.4) is 0 Å². The Hall–Kier alpha value is -2.38. The number of aromatic nitrogens is 2. The van der Waals surface area contributed by atoms with Crippen LogP contribution in [0.15, 0.2) is 43.6 Å². The molecule has 0 atom stereocenters. The topological polar surface area (TPSA) is 79.2 Å². The van der Waals surface area contributed by atoms with Crippen LogP contribution in [0.1, 0.15) is 22.4 Å². The first-order chi connectivity index (χ1) is 12.5. The minimum absolute atomic E-state index is 0.00878. The first-order valence-corrected chi connectivity index (χ1v) is 9.67. The second-order valence-corrected chi connectivity index (χ2v) is 7.35. The highest BCUT2D eigenvalue weighted by Crippen LogP contribution is 2.19. The van der Waals surface area contributed by atoms with E-state index in [1.54, 1.807) is 0 Å². The van der Waals surface area contributed by atoms with Gasteiger partial charge in [-0.1, -0.05) is 23.4 Å². The molecule has 0 radical (unpaired) electrons. The largest absolute Gasteiger partial charge is 0.464 e. The Bertz CT molecular complexity index is 1100. The molecule has 0 spiro atoms. The Morgan fingerprint density at radius 3 is 3.00 bits per heavy atom. The first kappa shape index (κ1) is 17.1. The number of benzene rings is 1. The van der Waals surface area contributed by atoms with Gasteiger partial charge in [0.05, 0.1) is 22.9 Å².